The molecule has 0 saturated carbocycles. The first-order valence-electron chi connectivity index (χ1n) is 4.01. The van der Waals surface area contributed by atoms with Crippen LogP contribution in [0.4, 0.5) is 5.82 Å². The molecule has 0 atom stereocenters. The summed E-state index contributed by atoms with van der Waals surface area (Å²) < 4.78 is 5.87. The molecule has 0 amide bonds. The van der Waals surface area contributed by atoms with E-state index in [4.69, 9.17) is 17.3 Å². The summed E-state index contributed by atoms with van der Waals surface area (Å²) >= 11 is 5.81. The van der Waals surface area contributed by atoms with Crippen molar-refractivity contribution in [3.63, 3.8) is 0 Å². The zero-order chi connectivity index (χ0) is 11.0. The van der Waals surface area contributed by atoms with Gasteiger partial charge >= 0.3 is 5.97 Å². The number of nitrogens with zero attached hydrogens (tertiary/aromatic N) is 3. The predicted octanol–water partition coefficient (Wildman–Crippen LogP) is 0.751. The third-order valence-electron chi connectivity index (χ3n) is 1.85. The summed E-state index contributed by atoms with van der Waals surface area (Å²) in [4.78, 5) is 15.2. The molecule has 2 N–H and O–H groups in total. The van der Waals surface area contributed by atoms with Gasteiger partial charge < -0.3 is 10.5 Å². The van der Waals surface area contributed by atoms with E-state index >= 15 is 0 Å². The number of methoxy groups -OCH3 is 1. The smallest absolute Gasteiger partial charge is 0.356 e. The number of hydrogen-bond acceptors (Lipinski definition) is 5. The molecule has 2 aromatic heterocycles. The number of ether oxygens (including phenoxy) is 1. The molecule has 0 aliphatic heterocycles. The third kappa shape index (κ3) is 1.48. The normalized spacial score (nSPS) is 10.5. The maximum atomic E-state index is 11.2. The molecule has 0 saturated heterocycles. The fourth-order valence-electron chi connectivity index (χ4n) is 1.17. The molecule has 0 aliphatic carbocycles. The summed E-state index contributed by atoms with van der Waals surface area (Å²) in [6.07, 6.45) is 1.40. The zero-order valence-corrected chi connectivity index (χ0v) is 8.52. The van der Waals surface area contributed by atoms with Gasteiger partial charge in [0.25, 0.3) is 0 Å². The molecule has 15 heavy (non-hydrogen) atoms. The fraction of sp³-hybridized carbons (Fsp3) is 0.125. The van der Waals surface area contributed by atoms with Crippen molar-refractivity contribution in [2.75, 3.05) is 12.8 Å². The molecule has 78 valence electrons. The Balaban J connectivity index is 2.70. The number of hydrogen-bond donors (Lipinski definition) is 1. The Morgan fingerprint density at radius 2 is 2.40 bits per heavy atom. The number of nitrogen functional groups attached to an aromatic ring is 1. The average Bonchev–Trinajstić information content (AvgIpc) is 2.60. The van der Waals surface area contributed by atoms with E-state index < -0.39 is 5.97 Å². The molecule has 0 aromatic carbocycles. The lowest BCUT2D eigenvalue weighted by molar-refractivity contribution is 0.0594. The van der Waals surface area contributed by atoms with Gasteiger partial charge in [-0.2, -0.15) is 9.61 Å². The van der Waals surface area contributed by atoms with Crippen LogP contribution in [-0.4, -0.2) is 27.7 Å². The molecule has 0 fully saturated rings. The molecule has 2 heterocycles. The molecule has 2 aromatic rings. The highest BCUT2D eigenvalue weighted by Crippen LogP contribution is 2.18. The van der Waals surface area contributed by atoms with E-state index in [9.17, 15) is 4.79 Å². The van der Waals surface area contributed by atoms with E-state index in [1.807, 2.05) is 0 Å². The summed E-state index contributed by atoms with van der Waals surface area (Å²) in [7, 11) is 1.27. The van der Waals surface area contributed by atoms with Crippen LogP contribution in [-0.2, 0) is 4.74 Å². The minimum atomic E-state index is -0.568. The topological polar surface area (TPSA) is 82.5 Å². The van der Waals surface area contributed by atoms with Crippen LogP contribution in [0.1, 0.15) is 10.5 Å². The highest BCUT2D eigenvalue weighted by atomic mass is 35.5. The second-order valence-corrected chi connectivity index (χ2v) is 3.19. The number of carbonyl (C=O) groups excluding carboxylic acids is 1. The van der Waals surface area contributed by atoms with Crippen molar-refractivity contribution in [1.29, 1.82) is 0 Å². The maximum absolute atomic E-state index is 11.2. The number of aromatic nitrogens is 3. The van der Waals surface area contributed by atoms with Crippen LogP contribution in [0.3, 0.4) is 0 Å². The second kappa shape index (κ2) is 3.39. The monoisotopic (exact) mass is 226 g/mol. The highest BCUT2D eigenvalue weighted by Gasteiger charge is 2.13. The Hall–Kier alpha value is -1.82. The Kier molecular flexibility index (Phi) is 2.20. The largest absolute Gasteiger partial charge is 0.464 e. The minimum Gasteiger partial charge on any atom is -0.464 e. The van der Waals surface area contributed by atoms with Gasteiger partial charge in [-0.1, -0.05) is 11.6 Å². The molecule has 0 spiro atoms. The van der Waals surface area contributed by atoms with Crippen LogP contribution >= 0.6 is 11.6 Å². The van der Waals surface area contributed by atoms with Crippen LogP contribution in [0.15, 0.2) is 12.3 Å². The average molecular weight is 227 g/mol. The lowest BCUT2D eigenvalue weighted by Crippen LogP contribution is -2.09. The summed E-state index contributed by atoms with van der Waals surface area (Å²) in [6, 6.07) is 1.38. The number of halogens is 1. The molecule has 7 heteroatoms. The predicted molar refractivity (Wildman–Crippen MR) is 53.7 cm³/mol. The van der Waals surface area contributed by atoms with Gasteiger partial charge in [-0.15, -0.1) is 0 Å². The highest BCUT2D eigenvalue weighted by molar-refractivity contribution is 6.33. The molecular formula is C8H7ClN4O2. The molecule has 6 nitrogen and oxygen atoms in total. The van der Waals surface area contributed by atoms with Crippen molar-refractivity contribution in [3.05, 3.63) is 23.0 Å². The SMILES string of the molecule is COC(=O)c1cc(N)n2ncc(Cl)c2n1. The van der Waals surface area contributed by atoms with Gasteiger partial charge in [0.1, 0.15) is 10.8 Å². The maximum Gasteiger partial charge on any atom is 0.356 e. The summed E-state index contributed by atoms with van der Waals surface area (Å²) in [6.45, 7) is 0. The first-order valence-corrected chi connectivity index (χ1v) is 4.39. The van der Waals surface area contributed by atoms with Crippen LogP contribution in [0, 0.1) is 0 Å². The van der Waals surface area contributed by atoms with Gasteiger partial charge in [0, 0.05) is 6.07 Å². The molecular weight excluding hydrogens is 220 g/mol. The Morgan fingerprint density at radius 1 is 1.67 bits per heavy atom. The van der Waals surface area contributed by atoms with Gasteiger partial charge in [-0.05, 0) is 0 Å². The summed E-state index contributed by atoms with van der Waals surface area (Å²) in [5.41, 5.74) is 6.09. The van der Waals surface area contributed by atoms with Crippen LogP contribution in [0.25, 0.3) is 5.65 Å². The zero-order valence-electron chi connectivity index (χ0n) is 7.77. The van der Waals surface area contributed by atoms with Crippen LogP contribution in [0.5, 0.6) is 0 Å². The minimum absolute atomic E-state index is 0.102. The number of nitrogens with two attached hydrogens (primary N) is 1. The van der Waals surface area contributed by atoms with Gasteiger partial charge in [0.2, 0.25) is 0 Å². The van der Waals surface area contributed by atoms with E-state index in [-0.39, 0.29) is 11.5 Å². The van der Waals surface area contributed by atoms with Gasteiger partial charge in [0.05, 0.1) is 13.3 Å². The van der Waals surface area contributed by atoms with Crippen molar-refractivity contribution >= 4 is 29.0 Å². The summed E-state index contributed by atoms with van der Waals surface area (Å²) in [5, 5.41) is 4.22. The van der Waals surface area contributed by atoms with Crippen molar-refractivity contribution in [1.82, 2.24) is 14.6 Å². The van der Waals surface area contributed by atoms with E-state index in [0.29, 0.717) is 10.7 Å². The van der Waals surface area contributed by atoms with Crippen molar-refractivity contribution < 1.29 is 9.53 Å². The van der Waals surface area contributed by atoms with Gasteiger partial charge in [-0.25, -0.2) is 9.78 Å². The van der Waals surface area contributed by atoms with Crippen LogP contribution < -0.4 is 5.73 Å². The van der Waals surface area contributed by atoms with E-state index in [0.717, 1.165) is 0 Å². The van der Waals surface area contributed by atoms with Crippen LogP contribution in [0.2, 0.25) is 5.02 Å². The lowest BCUT2D eigenvalue weighted by Gasteiger charge is -2.02. The quantitative estimate of drug-likeness (QED) is 0.726. The first-order chi connectivity index (χ1) is 7.13. The number of rotatable bonds is 1. The van der Waals surface area contributed by atoms with Gasteiger partial charge in [0.15, 0.2) is 11.3 Å². The lowest BCUT2D eigenvalue weighted by atomic mass is 10.4. The number of fused-ring (bicyclic) bond motifs is 1. The van der Waals surface area contributed by atoms with Gasteiger partial charge in [-0.3, -0.25) is 0 Å². The standard InChI is InChI=1S/C8H7ClN4O2/c1-15-8(14)5-2-6(10)13-7(12-5)4(9)3-11-13/h2-3H,10H2,1H3. The van der Waals surface area contributed by atoms with E-state index in [2.05, 4.69) is 14.8 Å². The van der Waals surface area contributed by atoms with Crippen molar-refractivity contribution in [3.8, 4) is 0 Å². The molecule has 2 rings (SSSR count). The van der Waals surface area contributed by atoms with Crippen molar-refractivity contribution in [2.45, 2.75) is 0 Å². The number of esters is 1. The van der Waals surface area contributed by atoms with E-state index in [1.54, 1.807) is 0 Å². The Morgan fingerprint density at radius 3 is 3.07 bits per heavy atom. The molecule has 0 radical (unpaired) electrons. The second-order valence-electron chi connectivity index (χ2n) is 2.79. The summed E-state index contributed by atoms with van der Waals surface area (Å²) in [5.74, 6) is -0.297. The number of anilines is 1. The fourth-order valence-corrected chi connectivity index (χ4v) is 1.33. The third-order valence-corrected chi connectivity index (χ3v) is 2.12. The molecule has 0 aliphatic rings. The first kappa shape index (κ1) is 9.72. The van der Waals surface area contributed by atoms with E-state index in [1.165, 1.54) is 23.9 Å². The van der Waals surface area contributed by atoms with Crippen molar-refractivity contribution in [2.24, 2.45) is 0 Å². The molecule has 0 bridgehead atoms. The Bertz CT molecular complexity index is 537. The number of carbonyl (C=O) groups is 1. The molecule has 0 unspecified atom stereocenters. The Labute approximate surface area is 89.6 Å².